The fraction of sp³-hybridized carbons (Fsp3) is 0.255. The number of benzene rings is 6. The van der Waals surface area contributed by atoms with Crippen LogP contribution in [-0.4, -0.2) is 98.3 Å². The molecule has 0 saturated carbocycles. The topological polar surface area (TPSA) is 274 Å². The van der Waals surface area contributed by atoms with Gasteiger partial charge in [0, 0.05) is 67.1 Å². The number of carbonyl (C=O) groups is 2. The minimum Gasteiger partial charge on any atom is -0.450 e. The second-order valence-corrected chi connectivity index (χ2v) is 17.9. The molecule has 396 valence electrons. The van der Waals surface area contributed by atoms with Crippen molar-refractivity contribution in [1.82, 2.24) is 24.8 Å². The first kappa shape index (κ1) is 52.3. The standard InChI is InChI=1S/C21H22N4O5.C21H24N4O3.C13H7FN2O3/c1-2-29-21(26)24-11-9-15(10-12-24)22-16-8-7-14(13-18(16)25(27)28)20-23-17-5-3-4-6-19(17)30-20;1-2-27-21(26)25-11-9-15(10-12-25)23-17-8-7-14(13-16(17)22)20-24-18-5-3-4-6-19(18)28-20;14-9-6-5-8(7-11(9)16(17)18)13-15-10-3-1-2-4-12(10)19-13/h3-8,13,15,22H,2,9-12H2,1H3;3-8,13,15,23H,2,9-12,22H2,1H3;1-7H. The Bertz CT molecular complexity index is 3470. The van der Waals surface area contributed by atoms with Gasteiger partial charge in [-0.3, -0.25) is 20.2 Å². The van der Waals surface area contributed by atoms with Crippen molar-refractivity contribution in [3.63, 3.8) is 0 Å². The zero-order valence-electron chi connectivity index (χ0n) is 41.9. The highest BCUT2D eigenvalue weighted by Crippen LogP contribution is 2.35. The number of nitrogens with one attached hydrogen (secondary N) is 2. The van der Waals surface area contributed by atoms with Gasteiger partial charge in [0.15, 0.2) is 16.7 Å². The number of hydrogen-bond donors (Lipinski definition) is 3. The van der Waals surface area contributed by atoms with Gasteiger partial charge in [-0.2, -0.15) is 4.39 Å². The maximum Gasteiger partial charge on any atom is 0.409 e. The highest BCUT2D eigenvalue weighted by atomic mass is 19.1. The Morgan fingerprint density at radius 3 is 1.36 bits per heavy atom. The van der Waals surface area contributed by atoms with Crippen LogP contribution in [0.1, 0.15) is 39.5 Å². The van der Waals surface area contributed by atoms with Crippen molar-refractivity contribution in [3.8, 4) is 34.4 Å². The SMILES string of the molecule is CCOC(=O)N1CCC(Nc2ccc(-c3nc4ccccc4o3)cc2N)CC1.CCOC(=O)N1CCC(Nc2ccc(-c3nc4ccccc4o3)cc2[N+](=O)[O-])CC1.O=[N+]([O-])c1cc(-c2nc3ccccc3o2)ccc1F. The Morgan fingerprint density at radius 2 is 0.961 bits per heavy atom. The number of halogens is 1. The van der Waals surface area contributed by atoms with Crippen LogP contribution in [0.15, 0.2) is 141 Å². The number of rotatable bonds is 11. The molecule has 3 aromatic heterocycles. The first-order valence-electron chi connectivity index (χ1n) is 24.9. The summed E-state index contributed by atoms with van der Waals surface area (Å²) < 4.78 is 40.4. The van der Waals surface area contributed by atoms with Crippen molar-refractivity contribution in [1.29, 1.82) is 0 Å². The molecule has 2 aliphatic heterocycles. The average Bonchev–Trinajstić information content (AvgIpc) is 4.22. The predicted octanol–water partition coefficient (Wildman–Crippen LogP) is 12.1. The number of nitrogen functional groups attached to an aromatic ring is 1. The molecule has 2 amide bonds. The van der Waals surface area contributed by atoms with E-state index in [4.69, 9.17) is 28.5 Å². The molecular formula is C55H53FN10O11. The third-order valence-electron chi connectivity index (χ3n) is 12.8. The van der Waals surface area contributed by atoms with E-state index in [1.54, 1.807) is 53.1 Å². The van der Waals surface area contributed by atoms with Crippen LogP contribution in [0.25, 0.3) is 67.7 Å². The van der Waals surface area contributed by atoms with Crippen molar-refractivity contribution in [2.45, 2.75) is 51.6 Å². The van der Waals surface area contributed by atoms with Gasteiger partial charge in [0.25, 0.3) is 5.69 Å². The minimum atomic E-state index is -0.884. The van der Waals surface area contributed by atoms with Crippen LogP contribution in [0.5, 0.6) is 0 Å². The van der Waals surface area contributed by atoms with Gasteiger partial charge in [0.05, 0.1) is 34.4 Å². The first-order chi connectivity index (χ1) is 37.3. The molecule has 6 aromatic carbocycles. The van der Waals surface area contributed by atoms with Gasteiger partial charge in [-0.05, 0) is 118 Å². The number of piperidine rings is 2. The first-order valence-corrected chi connectivity index (χ1v) is 24.9. The van der Waals surface area contributed by atoms with Crippen molar-refractivity contribution in [2.75, 3.05) is 55.8 Å². The number of oxazole rings is 3. The number of aromatic nitrogens is 3. The fourth-order valence-electron chi connectivity index (χ4n) is 8.82. The van der Waals surface area contributed by atoms with Crippen molar-refractivity contribution >= 4 is 73.9 Å². The van der Waals surface area contributed by atoms with E-state index in [2.05, 4.69) is 25.6 Å². The maximum atomic E-state index is 13.2. The van der Waals surface area contributed by atoms with Crippen LogP contribution in [0.4, 0.5) is 42.4 Å². The molecule has 21 nitrogen and oxygen atoms in total. The van der Waals surface area contributed by atoms with Gasteiger partial charge in [-0.1, -0.05) is 36.4 Å². The number of nitrogens with two attached hydrogens (primary N) is 1. The number of carbonyl (C=O) groups excluding carboxylic acids is 2. The Hall–Kier alpha value is -9.60. The number of anilines is 3. The summed E-state index contributed by atoms with van der Waals surface area (Å²) in [6.45, 7) is 6.79. The van der Waals surface area contributed by atoms with Crippen LogP contribution in [0.3, 0.4) is 0 Å². The number of hydrogen-bond acceptors (Lipinski definition) is 17. The second kappa shape index (κ2) is 23.7. The number of nitro groups is 2. The Kier molecular flexibility index (Phi) is 16.1. The summed E-state index contributed by atoms with van der Waals surface area (Å²) in [5.74, 6) is 0.241. The van der Waals surface area contributed by atoms with Crippen LogP contribution < -0.4 is 16.4 Å². The predicted molar refractivity (Wildman–Crippen MR) is 286 cm³/mol. The van der Waals surface area contributed by atoms with Crippen LogP contribution in [0, 0.1) is 26.0 Å². The molecule has 5 heterocycles. The number of ether oxygens (including phenoxy) is 2. The number of nitrogens with zero attached hydrogens (tertiary/aromatic N) is 7. The summed E-state index contributed by atoms with van der Waals surface area (Å²) in [7, 11) is 0. The minimum absolute atomic E-state index is 0.0320. The summed E-state index contributed by atoms with van der Waals surface area (Å²) in [6, 6.07) is 36.7. The Morgan fingerprint density at radius 1 is 0.584 bits per heavy atom. The molecule has 2 fully saturated rings. The zero-order chi connectivity index (χ0) is 54.0. The third-order valence-corrected chi connectivity index (χ3v) is 12.8. The number of para-hydroxylation sites is 6. The Balaban J connectivity index is 0.000000144. The zero-order valence-corrected chi connectivity index (χ0v) is 41.9. The molecule has 0 radical (unpaired) electrons. The quantitative estimate of drug-likeness (QED) is 0.0617. The van der Waals surface area contributed by atoms with Crippen molar-refractivity contribution < 1.29 is 46.6 Å². The van der Waals surface area contributed by atoms with E-state index < -0.39 is 21.4 Å². The lowest BCUT2D eigenvalue weighted by molar-refractivity contribution is -0.387. The molecule has 0 spiro atoms. The van der Waals surface area contributed by atoms with Gasteiger partial charge in [0.2, 0.25) is 23.5 Å². The molecule has 9 aromatic rings. The second-order valence-electron chi connectivity index (χ2n) is 17.9. The van der Waals surface area contributed by atoms with Gasteiger partial charge >= 0.3 is 17.9 Å². The lowest BCUT2D eigenvalue weighted by atomic mass is 10.0. The fourth-order valence-corrected chi connectivity index (χ4v) is 8.82. The summed E-state index contributed by atoms with van der Waals surface area (Å²) >= 11 is 0. The van der Waals surface area contributed by atoms with Crippen LogP contribution in [0.2, 0.25) is 0 Å². The molecule has 0 aliphatic carbocycles. The number of fused-ring (bicyclic) bond motifs is 3. The third kappa shape index (κ3) is 12.5. The van der Waals surface area contributed by atoms with Gasteiger partial charge in [-0.15, -0.1) is 0 Å². The normalized spacial score (nSPS) is 13.8. The molecule has 0 unspecified atom stereocenters. The number of amides is 2. The molecule has 2 saturated heterocycles. The van der Waals surface area contributed by atoms with Crippen LogP contribution >= 0.6 is 0 Å². The molecule has 0 bridgehead atoms. The maximum absolute atomic E-state index is 13.2. The van der Waals surface area contributed by atoms with E-state index in [0.29, 0.717) is 109 Å². The van der Waals surface area contributed by atoms with Crippen molar-refractivity contribution in [2.24, 2.45) is 0 Å². The highest BCUT2D eigenvalue weighted by molar-refractivity contribution is 5.80. The Labute approximate surface area is 439 Å². The van der Waals surface area contributed by atoms with E-state index in [9.17, 15) is 34.2 Å². The summed E-state index contributed by atoms with van der Waals surface area (Å²) in [4.78, 5) is 61.3. The lowest BCUT2D eigenvalue weighted by Crippen LogP contribution is -2.42. The van der Waals surface area contributed by atoms with Gasteiger partial charge in [-0.25, -0.2) is 24.5 Å². The smallest absolute Gasteiger partial charge is 0.409 e. The van der Waals surface area contributed by atoms with Gasteiger partial charge < -0.3 is 48.9 Å². The molecule has 0 atom stereocenters. The average molecular weight is 1050 g/mol. The lowest BCUT2D eigenvalue weighted by Gasteiger charge is -2.32. The molecular weight excluding hydrogens is 996 g/mol. The summed E-state index contributed by atoms with van der Waals surface area (Å²) in [5, 5.41) is 29.1. The monoisotopic (exact) mass is 1050 g/mol. The van der Waals surface area contributed by atoms with Gasteiger partial charge in [0.1, 0.15) is 22.2 Å². The van der Waals surface area contributed by atoms with E-state index in [1.807, 2.05) is 73.7 Å². The number of nitro benzene ring substituents is 2. The molecule has 11 rings (SSSR count). The molecule has 22 heteroatoms. The molecule has 77 heavy (non-hydrogen) atoms. The molecule has 4 N–H and O–H groups in total. The van der Waals surface area contributed by atoms with E-state index in [-0.39, 0.29) is 35.8 Å². The summed E-state index contributed by atoms with van der Waals surface area (Å²) in [5.41, 5.74) is 13.5. The largest absolute Gasteiger partial charge is 0.450 e. The van der Waals surface area contributed by atoms with Crippen LogP contribution in [-0.2, 0) is 9.47 Å². The van der Waals surface area contributed by atoms with Crippen molar-refractivity contribution in [3.05, 3.63) is 153 Å². The van der Waals surface area contributed by atoms with E-state index in [0.717, 1.165) is 47.3 Å². The van der Waals surface area contributed by atoms with E-state index in [1.165, 1.54) is 12.1 Å². The van der Waals surface area contributed by atoms with E-state index >= 15 is 0 Å². The number of likely N-dealkylation sites (tertiary alicyclic amines) is 2. The highest BCUT2D eigenvalue weighted by Gasteiger charge is 2.27. The summed E-state index contributed by atoms with van der Waals surface area (Å²) in [6.07, 6.45) is 2.52. The molecule has 2 aliphatic rings.